The molecule has 0 unspecified atom stereocenters. The largest absolute Gasteiger partial charge is 0.507 e. The quantitative estimate of drug-likeness (QED) is 0.681. The van der Waals surface area contributed by atoms with E-state index in [1.54, 1.807) is 0 Å². The highest BCUT2D eigenvalue weighted by molar-refractivity contribution is 7.19. The number of phenols is 1. The molecule has 0 fully saturated rings. The minimum Gasteiger partial charge on any atom is -0.507 e. The Labute approximate surface area is 143 Å². The molecule has 3 rings (SSSR count). The molecule has 2 aromatic carbocycles. The minimum absolute atomic E-state index is 0.163. The van der Waals surface area contributed by atoms with Crippen LogP contribution in [0.15, 0.2) is 36.4 Å². The first-order chi connectivity index (χ1) is 11.7. The Morgan fingerprint density at radius 3 is 2.44 bits per heavy atom. The van der Waals surface area contributed by atoms with Gasteiger partial charge in [-0.1, -0.05) is 6.07 Å². The van der Waals surface area contributed by atoms with Crippen LogP contribution in [0.5, 0.6) is 5.75 Å². The normalized spacial score (nSPS) is 11.4. The van der Waals surface area contributed by atoms with Crippen LogP contribution in [0.4, 0.5) is 13.2 Å². The molecule has 0 aliphatic carbocycles. The Bertz CT molecular complexity index is 1050. The number of thiophene rings is 1. The molecule has 8 heteroatoms. The van der Waals surface area contributed by atoms with Crippen molar-refractivity contribution in [2.75, 3.05) is 0 Å². The maximum absolute atomic E-state index is 13.0. The first kappa shape index (κ1) is 16.8. The number of nitriles is 1. The monoisotopic (exact) mass is 363 g/mol. The van der Waals surface area contributed by atoms with E-state index in [4.69, 9.17) is 10.4 Å². The Morgan fingerprint density at radius 2 is 1.88 bits per heavy atom. The standard InChI is InChI=1S/C17H8F3NO3S/c18-17(19,20)14-6-10-3-8(7-21)4-12(15(10)25-14)9-1-2-11(16(23)24)13(22)5-9/h1-6,22H,(H,23,24). The van der Waals surface area contributed by atoms with Crippen LogP contribution in [0.25, 0.3) is 21.2 Å². The number of fused-ring (bicyclic) bond motifs is 1. The van der Waals surface area contributed by atoms with E-state index in [-0.39, 0.29) is 16.5 Å². The number of halogens is 3. The average molecular weight is 363 g/mol. The van der Waals surface area contributed by atoms with E-state index >= 15 is 0 Å². The molecule has 0 saturated heterocycles. The summed E-state index contributed by atoms with van der Waals surface area (Å²) in [4.78, 5) is 10.2. The number of aromatic carboxylic acids is 1. The van der Waals surface area contributed by atoms with Gasteiger partial charge in [0.25, 0.3) is 0 Å². The molecule has 0 amide bonds. The number of hydrogen-bond acceptors (Lipinski definition) is 4. The van der Waals surface area contributed by atoms with Crippen molar-refractivity contribution in [2.24, 2.45) is 0 Å². The number of alkyl halides is 3. The van der Waals surface area contributed by atoms with E-state index in [0.717, 1.165) is 18.2 Å². The highest BCUT2D eigenvalue weighted by atomic mass is 32.1. The first-order valence-corrected chi connectivity index (χ1v) is 7.64. The molecule has 0 aliphatic rings. The van der Waals surface area contributed by atoms with E-state index in [1.165, 1.54) is 18.2 Å². The Balaban J connectivity index is 2.28. The summed E-state index contributed by atoms with van der Waals surface area (Å²) in [6.07, 6.45) is -4.51. The third-order valence-electron chi connectivity index (χ3n) is 3.56. The van der Waals surface area contributed by atoms with Gasteiger partial charge in [0.05, 0.1) is 11.6 Å². The van der Waals surface area contributed by atoms with Crippen molar-refractivity contribution in [1.29, 1.82) is 5.26 Å². The molecule has 0 spiro atoms. The fourth-order valence-electron chi connectivity index (χ4n) is 2.45. The van der Waals surface area contributed by atoms with Crippen LogP contribution in [-0.4, -0.2) is 16.2 Å². The summed E-state index contributed by atoms with van der Waals surface area (Å²) in [5, 5.41) is 28.1. The van der Waals surface area contributed by atoms with Crippen molar-refractivity contribution in [3.05, 3.63) is 52.4 Å². The fourth-order valence-corrected chi connectivity index (χ4v) is 3.50. The van der Waals surface area contributed by atoms with Crippen molar-refractivity contribution in [3.63, 3.8) is 0 Å². The zero-order chi connectivity index (χ0) is 18.4. The summed E-state index contributed by atoms with van der Waals surface area (Å²) >= 11 is 0.529. The van der Waals surface area contributed by atoms with Crippen LogP contribution >= 0.6 is 11.3 Å². The number of carboxylic acid groups (broad SMARTS) is 1. The molecule has 0 bridgehead atoms. The van der Waals surface area contributed by atoms with Crippen LogP contribution < -0.4 is 0 Å². The smallest absolute Gasteiger partial charge is 0.425 e. The molecule has 126 valence electrons. The molecular formula is C17H8F3NO3S. The van der Waals surface area contributed by atoms with Crippen LogP contribution in [0, 0.1) is 11.3 Å². The zero-order valence-electron chi connectivity index (χ0n) is 12.3. The van der Waals surface area contributed by atoms with Gasteiger partial charge in [-0.15, -0.1) is 11.3 Å². The molecule has 0 saturated carbocycles. The van der Waals surface area contributed by atoms with Gasteiger partial charge in [-0.2, -0.15) is 18.4 Å². The molecule has 2 N–H and O–H groups in total. The number of carboxylic acids is 1. The van der Waals surface area contributed by atoms with E-state index in [0.29, 0.717) is 27.2 Å². The van der Waals surface area contributed by atoms with Gasteiger partial charge in [-0.25, -0.2) is 4.79 Å². The number of carbonyl (C=O) groups is 1. The Kier molecular flexibility index (Phi) is 3.89. The van der Waals surface area contributed by atoms with Gasteiger partial charge in [0, 0.05) is 10.3 Å². The van der Waals surface area contributed by atoms with Crippen molar-refractivity contribution in [2.45, 2.75) is 6.18 Å². The highest BCUT2D eigenvalue weighted by Crippen LogP contribution is 2.42. The summed E-state index contributed by atoms with van der Waals surface area (Å²) in [6, 6.07) is 9.33. The molecule has 1 aromatic heterocycles. The third kappa shape index (κ3) is 3.02. The SMILES string of the molecule is N#Cc1cc(-c2ccc(C(=O)O)c(O)c2)c2sc(C(F)(F)F)cc2c1. The Morgan fingerprint density at radius 1 is 1.16 bits per heavy atom. The Hall–Kier alpha value is -3.05. The summed E-state index contributed by atoms with van der Waals surface area (Å²) in [5.74, 6) is -1.83. The minimum atomic E-state index is -4.51. The molecule has 0 radical (unpaired) electrons. The number of nitrogens with zero attached hydrogens (tertiary/aromatic N) is 1. The molecule has 0 atom stereocenters. The van der Waals surface area contributed by atoms with Crippen LogP contribution in [0.3, 0.4) is 0 Å². The molecule has 3 aromatic rings. The number of benzene rings is 2. The van der Waals surface area contributed by atoms with E-state index in [1.807, 2.05) is 6.07 Å². The van der Waals surface area contributed by atoms with E-state index < -0.39 is 22.8 Å². The second-order valence-corrected chi connectivity index (χ2v) is 6.25. The maximum Gasteiger partial charge on any atom is 0.425 e. The van der Waals surface area contributed by atoms with E-state index in [9.17, 15) is 23.1 Å². The van der Waals surface area contributed by atoms with Crippen LogP contribution in [0.2, 0.25) is 0 Å². The lowest BCUT2D eigenvalue weighted by atomic mass is 9.99. The molecule has 1 heterocycles. The summed E-state index contributed by atoms with van der Waals surface area (Å²) in [6.45, 7) is 0. The predicted octanol–water partition coefficient (Wildman–Crippen LogP) is 4.86. The summed E-state index contributed by atoms with van der Waals surface area (Å²) in [7, 11) is 0. The van der Waals surface area contributed by atoms with Gasteiger partial charge in [-0.05, 0) is 41.3 Å². The lowest BCUT2D eigenvalue weighted by Crippen LogP contribution is -2.00. The van der Waals surface area contributed by atoms with Gasteiger partial charge in [0.2, 0.25) is 0 Å². The number of aromatic hydroxyl groups is 1. The van der Waals surface area contributed by atoms with Gasteiger partial charge < -0.3 is 10.2 Å². The van der Waals surface area contributed by atoms with Crippen molar-refractivity contribution < 1.29 is 28.2 Å². The van der Waals surface area contributed by atoms with E-state index in [2.05, 4.69) is 0 Å². The van der Waals surface area contributed by atoms with Gasteiger partial charge in [-0.3, -0.25) is 0 Å². The van der Waals surface area contributed by atoms with Crippen LogP contribution in [0.1, 0.15) is 20.8 Å². The first-order valence-electron chi connectivity index (χ1n) is 6.82. The zero-order valence-corrected chi connectivity index (χ0v) is 13.1. The molecule has 25 heavy (non-hydrogen) atoms. The molecule has 0 aliphatic heterocycles. The van der Waals surface area contributed by atoms with Crippen molar-refractivity contribution in [1.82, 2.24) is 0 Å². The third-order valence-corrected chi connectivity index (χ3v) is 4.79. The summed E-state index contributed by atoms with van der Waals surface area (Å²) in [5.41, 5.74) is 0.483. The average Bonchev–Trinajstić information content (AvgIpc) is 2.97. The predicted molar refractivity (Wildman–Crippen MR) is 85.6 cm³/mol. The van der Waals surface area contributed by atoms with Crippen molar-refractivity contribution in [3.8, 4) is 22.9 Å². The van der Waals surface area contributed by atoms with Gasteiger partial charge in [0.15, 0.2) is 0 Å². The topological polar surface area (TPSA) is 81.3 Å². The molecular weight excluding hydrogens is 355 g/mol. The molecule has 4 nitrogen and oxygen atoms in total. The van der Waals surface area contributed by atoms with Crippen LogP contribution in [-0.2, 0) is 6.18 Å². The van der Waals surface area contributed by atoms with Crippen molar-refractivity contribution >= 4 is 27.4 Å². The highest BCUT2D eigenvalue weighted by Gasteiger charge is 2.33. The maximum atomic E-state index is 13.0. The lowest BCUT2D eigenvalue weighted by molar-refractivity contribution is -0.134. The lowest BCUT2D eigenvalue weighted by Gasteiger charge is -2.07. The van der Waals surface area contributed by atoms with Gasteiger partial charge >= 0.3 is 12.1 Å². The van der Waals surface area contributed by atoms with Gasteiger partial charge in [0.1, 0.15) is 16.2 Å². The summed E-state index contributed by atoms with van der Waals surface area (Å²) < 4.78 is 39.3. The fraction of sp³-hybridized carbons (Fsp3) is 0.0588. The second kappa shape index (κ2) is 5.79. The number of hydrogen-bond donors (Lipinski definition) is 2. The second-order valence-electron chi connectivity index (χ2n) is 5.20. The number of rotatable bonds is 2.